The Morgan fingerprint density at radius 2 is 1.50 bits per heavy atom. The average molecular weight is 324 g/mol. The third kappa shape index (κ3) is 4.95. The van der Waals surface area contributed by atoms with Crippen molar-refractivity contribution in [1.82, 2.24) is 10.2 Å². The molecule has 2 aromatic carbocycles. The maximum absolute atomic E-state index is 12.5. The molecule has 1 N–H and O–H groups in total. The summed E-state index contributed by atoms with van der Waals surface area (Å²) in [6.45, 7) is 4.49. The molecule has 0 aliphatic rings. The molecule has 0 aliphatic heterocycles. The van der Waals surface area contributed by atoms with Crippen molar-refractivity contribution in [1.29, 1.82) is 0 Å². The van der Waals surface area contributed by atoms with Gasteiger partial charge in [0.25, 0.3) is 0 Å². The van der Waals surface area contributed by atoms with Crippen molar-refractivity contribution in [2.45, 2.75) is 39.4 Å². The first kappa shape index (κ1) is 17.7. The Bertz CT molecular complexity index is 656. The standard InChI is InChI=1S/C20H24N2O2/c1-3-19(23)22(15-18-12-8-5-9-13-18)16(2)20(24)21-14-17-10-6-4-7-11-17/h4-13,16H,3,14-15H2,1-2H3,(H,21,24)/t16-/m0/s1. The highest BCUT2D eigenvalue weighted by molar-refractivity contribution is 5.87. The fraction of sp³-hybridized carbons (Fsp3) is 0.300. The molecule has 4 heteroatoms. The van der Waals surface area contributed by atoms with Crippen LogP contribution in [0.5, 0.6) is 0 Å². The molecule has 0 saturated heterocycles. The lowest BCUT2D eigenvalue weighted by Gasteiger charge is -2.28. The molecule has 0 spiro atoms. The van der Waals surface area contributed by atoms with Gasteiger partial charge in [0.05, 0.1) is 0 Å². The fourth-order valence-electron chi connectivity index (χ4n) is 2.50. The summed E-state index contributed by atoms with van der Waals surface area (Å²) in [6.07, 6.45) is 0.378. The van der Waals surface area contributed by atoms with Crippen LogP contribution in [-0.4, -0.2) is 22.8 Å². The van der Waals surface area contributed by atoms with Crippen LogP contribution in [0.15, 0.2) is 60.7 Å². The van der Waals surface area contributed by atoms with E-state index in [0.29, 0.717) is 19.5 Å². The highest BCUT2D eigenvalue weighted by atomic mass is 16.2. The van der Waals surface area contributed by atoms with Gasteiger partial charge >= 0.3 is 0 Å². The van der Waals surface area contributed by atoms with Crippen molar-refractivity contribution >= 4 is 11.8 Å². The molecule has 1 atom stereocenters. The lowest BCUT2D eigenvalue weighted by molar-refractivity contribution is -0.140. The predicted octanol–water partition coefficient (Wildman–Crippen LogP) is 3.13. The topological polar surface area (TPSA) is 49.4 Å². The molecule has 2 amide bonds. The minimum atomic E-state index is -0.513. The fourth-order valence-corrected chi connectivity index (χ4v) is 2.50. The van der Waals surface area contributed by atoms with Gasteiger partial charge in [-0.3, -0.25) is 9.59 Å². The van der Waals surface area contributed by atoms with E-state index in [0.717, 1.165) is 11.1 Å². The number of carbonyl (C=O) groups is 2. The van der Waals surface area contributed by atoms with Crippen LogP contribution in [0.4, 0.5) is 0 Å². The molecule has 2 aromatic rings. The van der Waals surface area contributed by atoms with Crippen molar-refractivity contribution in [2.75, 3.05) is 0 Å². The molecule has 0 aliphatic carbocycles. The van der Waals surface area contributed by atoms with Gasteiger partial charge < -0.3 is 10.2 Å². The average Bonchev–Trinajstić information content (AvgIpc) is 2.64. The summed E-state index contributed by atoms with van der Waals surface area (Å²) in [5, 5.41) is 2.91. The number of rotatable bonds is 7. The van der Waals surface area contributed by atoms with E-state index in [1.54, 1.807) is 11.8 Å². The van der Waals surface area contributed by atoms with Gasteiger partial charge in [-0.1, -0.05) is 67.6 Å². The summed E-state index contributed by atoms with van der Waals surface area (Å²) in [7, 11) is 0. The molecule has 0 radical (unpaired) electrons. The smallest absolute Gasteiger partial charge is 0.242 e. The third-order valence-electron chi connectivity index (χ3n) is 3.98. The Morgan fingerprint density at radius 3 is 2.04 bits per heavy atom. The molecule has 0 unspecified atom stereocenters. The van der Waals surface area contributed by atoms with Crippen LogP contribution in [0.1, 0.15) is 31.4 Å². The van der Waals surface area contributed by atoms with Crippen LogP contribution < -0.4 is 5.32 Å². The maximum atomic E-state index is 12.5. The Kier molecular flexibility index (Phi) is 6.55. The second-order valence-corrected chi connectivity index (χ2v) is 5.74. The van der Waals surface area contributed by atoms with E-state index in [-0.39, 0.29) is 11.8 Å². The Balaban J connectivity index is 2.02. The van der Waals surface area contributed by atoms with Crippen molar-refractivity contribution in [2.24, 2.45) is 0 Å². The van der Waals surface area contributed by atoms with Crippen LogP contribution in [0.25, 0.3) is 0 Å². The molecule has 0 fully saturated rings. The van der Waals surface area contributed by atoms with Gasteiger partial charge in [0.2, 0.25) is 11.8 Å². The number of hydrogen-bond donors (Lipinski definition) is 1. The first-order chi connectivity index (χ1) is 11.6. The van der Waals surface area contributed by atoms with Gasteiger partial charge in [0.15, 0.2) is 0 Å². The SMILES string of the molecule is CCC(=O)N(Cc1ccccc1)[C@@H](C)C(=O)NCc1ccccc1. The highest BCUT2D eigenvalue weighted by Gasteiger charge is 2.24. The molecular formula is C20H24N2O2. The van der Waals surface area contributed by atoms with Crippen LogP contribution in [-0.2, 0) is 22.7 Å². The van der Waals surface area contributed by atoms with Gasteiger partial charge in [-0.25, -0.2) is 0 Å². The van der Waals surface area contributed by atoms with E-state index >= 15 is 0 Å². The largest absolute Gasteiger partial charge is 0.350 e. The zero-order chi connectivity index (χ0) is 17.4. The predicted molar refractivity (Wildman–Crippen MR) is 95.0 cm³/mol. The monoisotopic (exact) mass is 324 g/mol. The summed E-state index contributed by atoms with van der Waals surface area (Å²) in [5.74, 6) is -0.169. The first-order valence-corrected chi connectivity index (χ1v) is 8.26. The lowest BCUT2D eigenvalue weighted by Crippen LogP contribution is -2.47. The van der Waals surface area contributed by atoms with E-state index < -0.39 is 6.04 Å². The number of amides is 2. The van der Waals surface area contributed by atoms with Gasteiger partial charge in [-0.2, -0.15) is 0 Å². The van der Waals surface area contributed by atoms with Crippen LogP contribution in [0, 0.1) is 0 Å². The minimum Gasteiger partial charge on any atom is -0.350 e. The summed E-state index contributed by atoms with van der Waals surface area (Å²) in [4.78, 5) is 26.4. The molecular weight excluding hydrogens is 300 g/mol. The van der Waals surface area contributed by atoms with E-state index in [1.807, 2.05) is 67.6 Å². The molecule has 0 aromatic heterocycles. The lowest BCUT2D eigenvalue weighted by atomic mass is 10.1. The zero-order valence-corrected chi connectivity index (χ0v) is 14.2. The van der Waals surface area contributed by atoms with Crippen LogP contribution >= 0.6 is 0 Å². The minimum absolute atomic E-state index is 0.0267. The molecule has 126 valence electrons. The first-order valence-electron chi connectivity index (χ1n) is 8.26. The van der Waals surface area contributed by atoms with Crippen molar-refractivity contribution in [3.05, 3.63) is 71.8 Å². The second-order valence-electron chi connectivity index (χ2n) is 5.74. The van der Waals surface area contributed by atoms with Crippen LogP contribution in [0.2, 0.25) is 0 Å². The molecule has 24 heavy (non-hydrogen) atoms. The number of carbonyl (C=O) groups excluding carboxylic acids is 2. The van der Waals surface area contributed by atoms with Gasteiger partial charge in [0.1, 0.15) is 6.04 Å². The number of benzene rings is 2. The van der Waals surface area contributed by atoms with E-state index in [4.69, 9.17) is 0 Å². The summed E-state index contributed by atoms with van der Waals surface area (Å²) in [5.41, 5.74) is 2.05. The molecule has 4 nitrogen and oxygen atoms in total. The van der Waals surface area contributed by atoms with Gasteiger partial charge in [-0.05, 0) is 18.1 Å². The second kappa shape index (κ2) is 8.87. The van der Waals surface area contributed by atoms with E-state index in [1.165, 1.54) is 0 Å². The molecule has 0 saturated carbocycles. The highest BCUT2D eigenvalue weighted by Crippen LogP contribution is 2.11. The van der Waals surface area contributed by atoms with Crippen molar-refractivity contribution in [3.63, 3.8) is 0 Å². The Labute approximate surface area is 143 Å². The van der Waals surface area contributed by atoms with E-state index in [9.17, 15) is 9.59 Å². The summed E-state index contributed by atoms with van der Waals surface area (Å²) >= 11 is 0. The van der Waals surface area contributed by atoms with Crippen molar-refractivity contribution in [3.8, 4) is 0 Å². The molecule has 2 rings (SSSR count). The quantitative estimate of drug-likeness (QED) is 0.850. The molecule has 0 bridgehead atoms. The third-order valence-corrected chi connectivity index (χ3v) is 3.98. The normalized spacial score (nSPS) is 11.6. The maximum Gasteiger partial charge on any atom is 0.242 e. The summed E-state index contributed by atoms with van der Waals surface area (Å²) in [6, 6.07) is 19.0. The van der Waals surface area contributed by atoms with E-state index in [2.05, 4.69) is 5.32 Å². The van der Waals surface area contributed by atoms with Crippen LogP contribution in [0.3, 0.4) is 0 Å². The summed E-state index contributed by atoms with van der Waals surface area (Å²) < 4.78 is 0. The number of nitrogens with zero attached hydrogens (tertiary/aromatic N) is 1. The van der Waals surface area contributed by atoms with Gasteiger partial charge in [0, 0.05) is 19.5 Å². The van der Waals surface area contributed by atoms with Crippen molar-refractivity contribution < 1.29 is 9.59 Å². The molecule has 0 heterocycles. The van der Waals surface area contributed by atoms with Gasteiger partial charge in [-0.15, -0.1) is 0 Å². The Hall–Kier alpha value is -2.62. The zero-order valence-electron chi connectivity index (χ0n) is 14.2. The number of nitrogens with one attached hydrogen (secondary N) is 1. The number of hydrogen-bond acceptors (Lipinski definition) is 2. The Morgan fingerprint density at radius 1 is 0.958 bits per heavy atom.